The molecule has 0 spiro atoms. The van der Waals surface area contributed by atoms with Crippen LogP contribution in [0.1, 0.15) is 18.5 Å². The molecule has 1 aromatic rings. The molecule has 0 aliphatic rings. The van der Waals surface area contributed by atoms with Gasteiger partial charge in [-0.05, 0) is 24.6 Å². The van der Waals surface area contributed by atoms with Crippen molar-refractivity contribution in [2.75, 3.05) is 6.61 Å². The Balaban J connectivity index is 2.84. The normalized spacial score (nSPS) is 12.2. The van der Waals surface area contributed by atoms with Crippen LogP contribution in [0.25, 0.3) is 0 Å². The molecular formula is C11H14ClNO. The monoisotopic (exact) mass is 211 g/mol. The third-order valence-corrected chi connectivity index (χ3v) is 2.13. The Kier molecular flexibility index (Phi) is 3.98. The van der Waals surface area contributed by atoms with Gasteiger partial charge < -0.3 is 10.5 Å². The van der Waals surface area contributed by atoms with Crippen molar-refractivity contribution < 1.29 is 4.74 Å². The second-order valence-electron chi connectivity index (χ2n) is 3.08. The summed E-state index contributed by atoms with van der Waals surface area (Å²) in [5, 5.41) is 0.585. The molecule has 0 unspecified atom stereocenters. The Labute approximate surface area is 89.3 Å². The number of benzene rings is 1. The first-order valence-electron chi connectivity index (χ1n) is 4.44. The van der Waals surface area contributed by atoms with Crippen molar-refractivity contribution in [3.8, 4) is 5.75 Å². The zero-order valence-electron chi connectivity index (χ0n) is 8.16. The fraction of sp³-hybridized carbons (Fsp3) is 0.273. The molecule has 0 aliphatic carbocycles. The molecule has 2 N–H and O–H groups in total. The minimum absolute atomic E-state index is 0.0130. The fourth-order valence-corrected chi connectivity index (χ4v) is 1.31. The van der Waals surface area contributed by atoms with E-state index in [4.69, 9.17) is 22.1 Å². The second-order valence-corrected chi connectivity index (χ2v) is 3.49. The maximum absolute atomic E-state index is 5.99. The van der Waals surface area contributed by atoms with Crippen LogP contribution in [0.2, 0.25) is 5.02 Å². The zero-order chi connectivity index (χ0) is 10.6. The summed E-state index contributed by atoms with van der Waals surface area (Å²) < 4.78 is 5.33. The quantitative estimate of drug-likeness (QED) is 0.778. The van der Waals surface area contributed by atoms with Gasteiger partial charge in [0.25, 0.3) is 0 Å². The van der Waals surface area contributed by atoms with Crippen molar-refractivity contribution in [2.45, 2.75) is 13.0 Å². The van der Waals surface area contributed by atoms with E-state index in [-0.39, 0.29) is 6.04 Å². The highest BCUT2D eigenvalue weighted by Crippen LogP contribution is 2.27. The van der Waals surface area contributed by atoms with Crippen LogP contribution in [-0.4, -0.2) is 6.61 Å². The predicted molar refractivity (Wildman–Crippen MR) is 59.7 cm³/mol. The molecule has 0 aliphatic heterocycles. The standard InChI is InChI=1S/C11H14ClNO/c1-3-6-14-11-5-4-9(8(2)13)7-10(11)12/h3-5,7-8H,1,6,13H2,2H3/t8-/m1/s1. The summed E-state index contributed by atoms with van der Waals surface area (Å²) in [6, 6.07) is 5.55. The van der Waals surface area contributed by atoms with Crippen LogP contribution >= 0.6 is 11.6 Å². The van der Waals surface area contributed by atoms with Gasteiger partial charge in [0.2, 0.25) is 0 Å². The average molecular weight is 212 g/mol. The topological polar surface area (TPSA) is 35.2 Å². The first kappa shape index (κ1) is 11.1. The molecular weight excluding hydrogens is 198 g/mol. The lowest BCUT2D eigenvalue weighted by Gasteiger charge is -2.09. The van der Waals surface area contributed by atoms with Crippen molar-refractivity contribution in [1.29, 1.82) is 0 Å². The Morgan fingerprint density at radius 1 is 1.64 bits per heavy atom. The van der Waals surface area contributed by atoms with E-state index in [1.165, 1.54) is 0 Å². The molecule has 0 fully saturated rings. The molecule has 0 saturated carbocycles. The molecule has 1 rings (SSSR count). The number of hydrogen-bond donors (Lipinski definition) is 1. The van der Waals surface area contributed by atoms with Crippen LogP contribution in [-0.2, 0) is 0 Å². The lowest BCUT2D eigenvalue weighted by molar-refractivity contribution is 0.363. The van der Waals surface area contributed by atoms with Crippen molar-refractivity contribution in [1.82, 2.24) is 0 Å². The summed E-state index contributed by atoms with van der Waals surface area (Å²) in [6.07, 6.45) is 1.68. The maximum atomic E-state index is 5.99. The molecule has 2 nitrogen and oxygen atoms in total. The summed E-state index contributed by atoms with van der Waals surface area (Å²) in [5.41, 5.74) is 6.72. The van der Waals surface area contributed by atoms with E-state index in [0.717, 1.165) is 5.56 Å². The van der Waals surface area contributed by atoms with E-state index in [0.29, 0.717) is 17.4 Å². The number of hydrogen-bond acceptors (Lipinski definition) is 2. The molecule has 1 aromatic carbocycles. The third-order valence-electron chi connectivity index (χ3n) is 1.84. The van der Waals surface area contributed by atoms with Crippen LogP contribution in [0.4, 0.5) is 0 Å². The fourth-order valence-electron chi connectivity index (χ4n) is 1.07. The van der Waals surface area contributed by atoms with Crippen molar-refractivity contribution in [3.05, 3.63) is 41.4 Å². The van der Waals surface area contributed by atoms with E-state index in [1.54, 1.807) is 6.08 Å². The number of rotatable bonds is 4. The van der Waals surface area contributed by atoms with Gasteiger partial charge in [-0.3, -0.25) is 0 Å². The average Bonchev–Trinajstić information content (AvgIpc) is 2.15. The van der Waals surface area contributed by atoms with E-state index in [2.05, 4.69) is 6.58 Å². The third kappa shape index (κ3) is 2.76. The molecule has 14 heavy (non-hydrogen) atoms. The summed E-state index contributed by atoms with van der Waals surface area (Å²) >= 11 is 5.99. The molecule has 1 atom stereocenters. The van der Waals surface area contributed by atoms with Gasteiger partial charge in [0, 0.05) is 6.04 Å². The van der Waals surface area contributed by atoms with Gasteiger partial charge in [-0.15, -0.1) is 0 Å². The number of ether oxygens (including phenoxy) is 1. The van der Waals surface area contributed by atoms with E-state index in [9.17, 15) is 0 Å². The van der Waals surface area contributed by atoms with Crippen LogP contribution in [0.5, 0.6) is 5.75 Å². The first-order valence-corrected chi connectivity index (χ1v) is 4.81. The van der Waals surface area contributed by atoms with Gasteiger partial charge >= 0.3 is 0 Å². The van der Waals surface area contributed by atoms with Gasteiger partial charge in [-0.1, -0.05) is 30.3 Å². The summed E-state index contributed by atoms with van der Waals surface area (Å²) in [5.74, 6) is 0.663. The molecule has 0 saturated heterocycles. The molecule has 3 heteroatoms. The van der Waals surface area contributed by atoms with Crippen LogP contribution < -0.4 is 10.5 Å². The first-order chi connectivity index (χ1) is 6.65. The molecule has 0 heterocycles. The van der Waals surface area contributed by atoms with Gasteiger partial charge in [0.15, 0.2) is 0 Å². The molecule has 0 radical (unpaired) electrons. The smallest absolute Gasteiger partial charge is 0.138 e. The van der Waals surface area contributed by atoms with Gasteiger partial charge in [0.1, 0.15) is 12.4 Å². The van der Waals surface area contributed by atoms with Crippen molar-refractivity contribution >= 4 is 11.6 Å². The lowest BCUT2D eigenvalue weighted by Crippen LogP contribution is -2.05. The van der Waals surface area contributed by atoms with Crippen LogP contribution in [0.3, 0.4) is 0 Å². The summed E-state index contributed by atoms with van der Waals surface area (Å²) in [6.45, 7) is 5.93. The SMILES string of the molecule is C=CCOc1ccc([C@@H](C)N)cc1Cl. The largest absolute Gasteiger partial charge is 0.488 e. The van der Waals surface area contributed by atoms with Gasteiger partial charge in [-0.2, -0.15) is 0 Å². The Hall–Kier alpha value is -0.990. The van der Waals surface area contributed by atoms with E-state index >= 15 is 0 Å². The molecule has 0 amide bonds. The highest BCUT2D eigenvalue weighted by Gasteiger charge is 2.04. The van der Waals surface area contributed by atoms with E-state index < -0.39 is 0 Å². The van der Waals surface area contributed by atoms with Crippen LogP contribution in [0, 0.1) is 0 Å². The number of nitrogens with two attached hydrogens (primary N) is 1. The molecule has 0 aromatic heterocycles. The second kappa shape index (κ2) is 5.03. The van der Waals surface area contributed by atoms with Gasteiger partial charge in [-0.25, -0.2) is 0 Å². The summed E-state index contributed by atoms with van der Waals surface area (Å²) in [4.78, 5) is 0. The Bertz CT molecular complexity index is 323. The minimum atomic E-state index is -0.0130. The van der Waals surface area contributed by atoms with Crippen molar-refractivity contribution in [2.24, 2.45) is 5.73 Å². The minimum Gasteiger partial charge on any atom is -0.488 e. The number of halogens is 1. The van der Waals surface area contributed by atoms with E-state index in [1.807, 2.05) is 25.1 Å². The lowest BCUT2D eigenvalue weighted by atomic mass is 10.1. The molecule has 0 bridgehead atoms. The maximum Gasteiger partial charge on any atom is 0.138 e. The molecule has 76 valence electrons. The van der Waals surface area contributed by atoms with Gasteiger partial charge in [0.05, 0.1) is 5.02 Å². The highest BCUT2D eigenvalue weighted by atomic mass is 35.5. The van der Waals surface area contributed by atoms with Crippen molar-refractivity contribution in [3.63, 3.8) is 0 Å². The highest BCUT2D eigenvalue weighted by molar-refractivity contribution is 6.32. The zero-order valence-corrected chi connectivity index (χ0v) is 8.92. The Morgan fingerprint density at radius 2 is 2.36 bits per heavy atom. The Morgan fingerprint density at radius 3 is 2.86 bits per heavy atom. The van der Waals surface area contributed by atoms with Crippen LogP contribution in [0.15, 0.2) is 30.9 Å². The predicted octanol–water partition coefficient (Wildman–Crippen LogP) is 2.92. The summed E-state index contributed by atoms with van der Waals surface area (Å²) in [7, 11) is 0.